The molecule has 2 N–H and O–H groups in total. The number of carbonyl (C=O) groups excluding carboxylic acids is 2. The van der Waals surface area contributed by atoms with Crippen LogP contribution in [0.3, 0.4) is 0 Å². The lowest BCUT2D eigenvalue weighted by atomic mass is 9.96. The first-order valence-electron chi connectivity index (χ1n) is 12.7. The van der Waals surface area contributed by atoms with Gasteiger partial charge in [0.2, 0.25) is 5.88 Å². The van der Waals surface area contributed by atoms with Crippen molar-refractivity contribution in [3.05, 3.63) is 58.8 Å². The molecular formula is C28H36F2N4O5. The Labute approximate surface area is 226 Å². The molecule has 212 valence electrons. The van der Waals surface area contributed by atoms with Gasteiger partial charge >= 0.3 is 6.09 Å². The van der Waals surface area contributed by atoms with Crippen LogP contribution in [0.2, 0.25) is 0 Å². The van der Waals surface area contributed by atoms with Gasteiger partial charge in [-0.05, 0) is 53.2 Å². The zero-order valence-electron chi connectivity index (χ0n) is 23.4. The third kappa shape index (κ3) is 7.36. The molecule has 0 saturated carbocycles. The zero-order chi connectivity index (χ0) is 29.0. The number of pyridine rings is 1. The van der Waals surface area contributed by atoms with Gasteiger partial charge in [0.25, 0.3) is 5.91 Å². The molecule has 3 rings (SSSR count). The molecule has 0 bridgehead atoms. The van der Waals surface area contributed by atoms with E-state index < -0.39 is 41.4 Å². The Morgan fingerprint density at radius 3 is 2.36 bits per heavy atom. The number of rotatable bonds is 10. The summed E-state index contributed by atoms with van der Waals surface area (Å²) in [5.41, 5.74) is -0.606. The fourth-order valence-corrected chi connectivity index (χ4v) is 4.18. The van der Waals surface area contributed by atoms with Crippen LogP contribution in [0.4, 0.5) is 13.6 Å². The lowest BCUT2D eigenvalue weighted by molar-refractivity contribution is 0.0453. The molecule has 0 aliphatic carbocycles. The summed E-state index contributed by atoms with van der Waals surface area (Å²) in [6.07, 6.45) is 0.787. The van der Waals surface area contributed by atoms with Crippen molar-refractivity contribution in [2.24, 2.45) is 0 Å². The highest BCUT2D eigenvalue weighted by Gasteiger charge is 2.30. The summed E-state index contributed by atoms with van der Waals surface area (Å²) < 4.78 is 46.1. The van der Waals surface area contributed by atoms with Crippen molar-refractivity contribution < 1.29 is 32.6 Å². The van der Waals surface area contributed by atoms with Crippen molar-refractivity contribution >= 4 is 17.5 Å². The fraction of sp³-hybridized carbons (Fsp3) is 0.464. The first-order valence-corrected chi connectivity index (χ1v) is 12.7. The highest BCUT2D eigenvalue weighted by Crippen LogP contribution is 2.28. The van der Waals surface area contributed by atoms with E-state index in [9.17, 15) is 18.4 Å². The summed E-state index contributed by atoms with van der Waals surface area (Å²) in [6.45, 7) is 10.5. The molecule has 39 heavy (non-hydrogen) atoms. The minimum absolute atomic E-state index is 0.135. The maximum atomic E-state index is 14.1. The van der Waals surface area contributed by atoms with Crippen molar-refractivity contribution in [3.63, 3.8) is 0 Å². The number of aromatic nitrogens is 2. The Morgan fingerprint density at radius 1 is 1.10 bits per heavy atom. The van der Waals surface area contributed by atoms with Crippen LogP contribution in [0.1, 0.15) is 69.1 Å². The maximum absolute atomic E-state index is 14.1. The number of methoxy groups -OCH3 is 1. The van der Waals surface area contributed by atoms with Crippen LogP contribution in [0.25, 0.3) is 5.52 Å². The van der Waals surface area contributed by atoms with E-state index in [1.54, 1.807) is 33.8 Å². The molecule has 0 spiro atoms. The molecule has 9 nitrogen and oxygen atoms in total. The number of halogens is 2. The van der Waals surface area contributed by atoms with E-state index in [1.807, 2.05) is 13.8 Å². The van der Waals surface area contributed by atoms with Gasteiger partial charge in [0.15, 0.2) is 0 Å². The highest BCUT2D eigenvalue weighted by molar-refractivity contribution is 6.02. The molecule has 2 amide bonds. The normalized spacial score (nSPS) is 13.1. The first-order chi connectivity index (χ1) is 18.3. The van der Waals surface area contributed by atoms with Gasteiger partial charge in [0.1, 0.15) is 29.6 Å². The van der Waals surface area contributed by atoms with Gasteiger partial charge in [-0.15, -0.1) is 0 Å². The number of alkyl carbamates (subject to hydrolysis) is 1. The third-order valence-corrected chi connectivity index (χ3v) is 5.98. The molecule has 3 aromatic rings. The molecule has 1 atom stereocenters. The number of hydrogen-bond acceptors (Lipinski definition) is 6. The number of ether oxygens (including phenoxy) is 3. The van der Waals surface area contributed by atoms with Crippen LogP contribution >= 0.6 is 0 Å². The summed E-state index contributed by atoms with van der Waals surface area (Å²) in [6, 6.07) is 6.70. The maximum Gasteiger partial charge on any atom is 0.408 e. The molecule has 2 heterocycles. The number of carbonyl (C=O) groups is 2. The van der Waals surface area contributed by atoms with Crippen molar-refractivity contribution in [2.75, 3.05) is 13.7 Å². The number of fused-ring (bicyclic) bond motifs is 1. The smallest absolute Gasteiger partial charge is 0.408 e. The molecular weight excluding hydrogens is 510 g/mol. The van der Waals surface area contributed by atoms with E-state index in [2.05, 4.69) is 15.7 Å². The van der Waals surface area contributed by atoms with Crippen molar-refractivity contribution in [1.29, 1.82) is 0 Å². The second-order valence-electron chi connectivity index (χ2n) is 10.6. The van der Waals surface area contributed by atoms with E-state index in [0.29, 0.717) is 23.4 Å². The Balaban J connectivity index is 1.87. The Bertz CT molecular complexity index is 1330. The summed E-state index contributed by atoms with van der Waals surface area (Å²) in [4.78, 5) is 25.8. The molecule has 2 aromatic heterocycles. The number of nitrogens with zero attached hydrogens (tertiary/aromatic N) is 2. The van der Waals surface area contributed by atoms with E-state index in [0.717, 1.165) is 18.6 Å². The van der Waals surface area contributed by atoms with E-state index >= 15 is 0 Å². The van der Waals surface area contributed by atoms with Crippen LogP contribution in [0, 0.1) is 18.6 Å². The van der Waals surface area contributed by atoms with Crippen molar-refractivity contribution in [1.82, 2.24) is 20.2 Å². The summed E-state index contributed by atoms with van der Waals surface area (Å²) in [7, 11) is 1.45. The number of aryl methyl sites for hydroxylation is 1. The van der Waals surface area contributed by atoms with E-state index in [-0.39, 0.29) is 23.6 Å². The van der Waals surface area contributed by atoms with Crippen LogP contribution in [-0.2, 0) is 11.3 Å². The average Bonchev–Trinajstić information content (AvgIpc) is 3.16. The van der Waals surface area contributed by atoms with Gasteiger partial charge < -0.3 is 24.8 Å². The van der Waals surface area contributed by atoms with Crippen LogP contribution in [-0.4, -0.2) is 46.4 Å². The fourth-order valence-electron chi connectivity index (χ4n) is 4.18. The molecule has 0 radical (unpaired) electrons. The standard InChI is InChI=1S/C28H36F2N4O5/c1-8-12-28(6,32-26(36)39-27(3,4)5)16-31-25(35)24-17(2)33-34-22(24)13-18(37-7)14-23(34)38-15-19-20(29)10-9-11-21(19)30/h9-11,13-14H,8,12,15-16H2,1-7H3,(H,31,35)(H,32,36). The molecule has 1 aromatic carbocycles. The monoisotopic (exact) mass is 546 g/mol. The van der Waals surface area contributed by atoms with Gasteiger partial charge in [0, 0.05) is 18.7 Å². The molecule has 1 unspecified atom stereocenters. The second-order valence-corrected chi connectivity index (χ2v) is 10.6. The Hall–Kier alpha value is -3.89. The van der Waals surface area contributed by atoms with Gasteiger partial charge in [-0.1, -0.05) is 19.4 Å². The second kappa shape index (κ2) is 11.9. The summed E-state index contributed by atoms with van der Waals surface area (Å²) in [5, 5.41) is 10.2. The topological polar surface area (TPSA) is 103 Å². The predicted molar refractivity (Wildman–Crippen MR) is 142 cm³/mol. The predicted octanol–water partition coefficient (Wildman–Crippen LogP) is 5.32. The van der Waals surface area contributed by atoms with Gasteiger partial charge in [-0.2, -0.15) is 9.61 Å². The number of benzene rings is 1. The lowest BCUT2D eigenvalue weighted by Gasteiger charge is -2.32. The minimum Gasteiger partial charge on any atom is -0.496 e. The average molecular weight is 547 g/mol. The quantitative estimate of drug-likeness (QED) is 0.357. The molecule has 0 aliphatic rings. The van der Waals surface area contributed by atoms with E-state index in [4.69, 9.17) is 14.2 Å². The van der Waals surface area contributed by atoms with Gasteiger partial charge in [-0.25, -0.2) is 13.6 Å². The molecule has 0 fully saturated rings. The zero-order valence-corrected chi connectivity index (χ0v) is 23.4. The molecule has 0 saturated heterocycles. The van der Waals surface area contributed by atoms with Gasteiger partial charge in [-0.3, -0.25) is 4.79 Å². The van der Waals surface area contributed by atoms with Crippen LogP contribution in [0.15, 0.2) is 30.3 Å². The Kier molecular flexibility index (Phi) is 9.03. The van der Waals surface area contributed by atoms with Crippen molar-refractivity contribution in [2.45, 2.75) is 72.1 Å². The Morgan fingerprint density at radius 2 is 1.77 bits per heavy atom. The SMILES string of the molecule is CCCC(C)(CNC(=O)c1c(C)nn2c(OCc3c(F)cccc3F)cc(OC)cc12)NC(=O)OC(C)(C)C. The van der Waals surface area contributed by atoms with Gasteiger partial charge in [0.05, 0.1) is 35.0 Å². The van der Waals surface area contributed by atoms with Crippen molar-refractivity contribution in [3.8, 4) is 11.6 Å². The van der Waals surface area contributed by atoms with Crippen LogP contribution < -0.4 is 20.1 Å². The summed E-state index contributed by atoms with van der Waals surface area (Å²) >= 11 is 0. The number of amides is 2. The van der Waals surface area contributed by atoms with E-state index in [1.165, 1.54) is 23.8 Å². The lowest BCUT2D eigenvalue weighted by Crippen LogP contribution is -2.54. The minimum atomic E-state index is -0.764. The third-order valence-electron chi connectivity index (χ3n) is 5.98. The first kappa shape index (κ1) is 29.7. The largest absolute Gasteiger partial charge is 0.496 e. The van der Waals surface area contributed by atoms with Crippen LogP contribution in [0.5, 0.6) is 11.6 Å². The number of hydrogen-bond donors (Lipinski definition) is 2. The molecule has 0 aliphatic heterocycles. The molecule has 11 heteroatoms. The number of nitrogens with one attached hydrogen (secondary N) is 2. The summed E-state index contributed by atoms with van der Waals surface area (Å²) in [5.74, 6) is -1.39. The highest BCUT2D eigenvalue weighted by atomic mass is 19.1.